The molecule has 0 aliphatic heterocycles. The van der Waals surface area contributed by atoms with Gasteiger partial charge in [-0.1, -0.05) is 48.5 Å². The quantitative estimate of drug-likeness (QED) is 0.209. The molecular formula is C29H24N4O5. The van der Waals surface area contributed by atoms with Crippen LogP contribution in [0.2, 0.25) is 0 Å². The molecule has 0 spiro atoms. The molecule has 4 rings (SSSR count). The first-order chi connectivity index (χ1) is 18.4. The third kappa shape index (κ3) is 5.68. The zero-order valence-corrected chi connectivity index (χ0v) is 20.4. The van der Waals surface area contributed by atoms with Gasteiger partial charge >= 0.3 is 5.97 Å². The summed E-state index contributed by atoms with van der Waals surface area (Å²) in [6.45, 7) is 0. The maximum atomic E-state index is 13.3. The highest BCUT2D eigenvalue weighted by molar-refractivity contribution is 6.16. The summed E-state index contributed by atoms with van der Waals surface area (Å²) in [5, 5.41) is 8.16. The summed E-state index contributed by atoms with van der Waals surface area (Å²) >= 11 is 0. The second-order valence-corrected chi connectivity index (χ2v) is 8.08. The average Bonchev–Trinajstić information content (AvgIpc) is 2.93. The SMILES string of the molecule is COC(=O)c1ccccc1NC(=O)c1ccccc1NC(=O)c1ccccc1NC(=O)c1ccccc1N. The van der Waals surface area contributed by atoms with Gasteiger partial charge in [-0.05, 0) is 48.5 Å². The van der Waals surface area contributed by atoms with Gasteiger partial charge in [0.1, 0.15) is 0 Å². The molecule has 4 aromatic carbocycles. The summed E-state index contributed by atoms with van der Waals surface area (Å²) in [7, 11) is 1.25. The first-order valence-electron chi connectivity index (χ1n) is 11.5. The van der Waals surface area contributed by atoms with E-state index in [2.05, 4.69) is 16.0 Å². The highest BCUT2D eigenvalue weighted by Crippen LogP contribution is 2.23. The Kier molecular flexibility index (Phi) is 7.78. The molecule has 5 N–H and O–H groups in total. The highest BCUT2D eigenvalue weighted by atomic mass is 16.5. The molecule has 0 aliphatic rings. The predicted octanol–water partition coefficient (Wildman–Crippen LogP) is 4.81. The van der Waals surface area contributed by atoms with Gasteiger partial charge in [-0.3, -0.25) is 14.4 Å². The number of hydrogen-bond donors (Lipinski definition) is 4. The first kappa shape index (κ1) is 25.6. The van der Waals surface area contributed by atoms with Crippen molar-refractivity contribution in [3.63, 3.8) is 0 Å². The largest absolute Gasteiger partial charge is 0.465 e. The Bertz CT molecular complexity index is 1530. The normalized spacial score (nSPS) is 10.2. The van der Waals surface area contributed by atoms with E-state index in [-0.39, 0.29) is 39.3 Å². The molecule has 3 amide bonds. The van der Waals surface area contributed by atoms with E-state index < -0.39 is 23.7 Å². The maximum absolute atomic E-state index is 13.3. The standard InChI is InChI=1S/C29H24N4O5/c1-38-29(37)21-13-5-9-17-25(21)33-28(36)20-12-4-8-16-24(20)32-27(35)19-11-3-7-15-23(19)31-26(34)18-10-2-6-14-22(18)30/h2-17H,30H2,1H3,(H,31,34)(H,32,35)(H,33,36). The number of anilines is 4. The third-order valence-corrected chi connectivity index (χ3v) is 5.63. The summed E-state index contributed by atoms with van der Waals surface area (Å²) in [5.74, 6) is -2.15. The van der Waals surface area contributed by atoms with Crippen LogP contribution in [0.5, 0.6) is 0 Å². The summed E-state index contributed by atoms with van der Waals surface area (Å²) < 4.78 is 4.78. The van der Waals surface area contributed by atoms with Crippen LogP contribution in [-0.2, 0) is 4.74 Å². The van der Waals surface area contributed by atoms with Gasteiger partial charge in [0.15, 0.2) is 0 Å². The van der Waals surface area contributed by atoms with Crippen LogP contribution in [0.25, 0.3) is 0 Å². The van der Waals surface area contributed by atoms with Crippen LogP contribution in [0.4, 0.5) is 22.7 Å². The van der Waals surface area contributed by atoms with E-state index in [0.29, 0.717) is 5.69 Å². The number of nitrogens with two attached hydrogens (primary N) is 1. The van der Waals surface area contributed by atoms with Crippen LogP contribution in [0, 0.1) is 0 Å². The molecule has 0 bridgehead atoms. The lowest BCUT2D eigenvalue weighted by atomic mass is 10.1. The number of para-hydroxylation sites is 4. The molecule has 9 nitrogen and oxygen atoms in total. The highest BCUT2D eigenvalue weighted by Gasteiger charge is 2.20. The summed E-state index contributed by atoms with van der Waals surface area (Å²) in [6, 6.07) is 25.9. The molecule has 0 aromatic heterocycles. The zero-order valence-electron chi connectivity index (χ0n) is 20.4. The van der Waals surface area contributed by atoms with Gasteiger partial charge in [0.2, 0.25) is 0 Å². The molecule has 0 aliphatic carbocycles. The van der Waals surface area contributed by atoms with Crippen molar-refractivity contribution in [2.75, 3.05) is 28.8 Å². The minimum absolute atomic E-state index is 0.166. The van der Waals surface area contributed by atoms with Crippen LogP contribution in [0.3, 0.4) is 0 Å². The van der Waals surface area contributed by atoms with Crippen molar-refractivity contribution in [3.05, 3.63) is 119 Å². The number of benzene rings is 4. The molecule has 9 heteroatoms. The van der Waals surface area contributed by atoms with Gasteiger partial charge in [-0.15, -0.1) is 0 Å². The Balaban J connectivity index is 1.56. The molecule has 0 fully saturated rings. The van der Waals surface area contributed by atoms with Gasteiger partial charge in [-0.2, -0.15) is 0 Å². The lowest BCUT2D eigenvalue weighted by Crippen LogP contribution is -2.21. The van der Waals surface area contributed by atoms with Crippen LogP contribution in [-0.4, -0.2) is 30.8 Å². The lowest BCUT2D eigenvalue weighted by molar-refractivity contribution is 0.0601. The van der Waals surface area contributed by atoms with E-state index in [1.165, 1.54) is 19.2 Å². The topological polar surface area (TPSA) is 140 Å². The molecule has 4 aromatic rings. The van der Waals surface area contributed by atoms with Crippen molar-refractivity contribution in [2.24, 2.45) is 0 Å². The van der Waals surface area contributed by atoms with Gasteiger partial charge in [-0.25, -0.2) is 4.79 Å². The predicted molar refractivity (Wildman–Crippen MR) is 145 cm³/mol. The van der Waals surface area contributed by atoms with Crippen molar-refractivity contribution in [1.29, 1.82) is 0 Å². The summed E-state index contributed by atoms with van der Waals surface area (Å²) in [4.78, 5) is 51.2. The molecule has 190 valence electrons. The third-order valence-electron chi connectivity index (χ3n) is 5.63. The second-order valence-electron chi connectivity index (χ2n) is 8.08. The van der Waals surface area contributed by atoms with Crippen molar-refractivity contribution in [1.82, 2.24) is 0 Å². The lowest BCUT2D eigenvalue weighted by Gasteiger charge is -2.15. The number of ether oxygens (including phenoxy) is 1. The van der Waals surface area contributed by atoms with Crippen LogP contribution in [0.15, 0.2) is 97.1 Å². The Morgan fingerprint density at radius 1 is 0.526 bits per heavy atom. The second kappa shape index (κ2) is 11.5. The number of nitrogens with one attached hydrogen (secondary N) is 3. The number of rotatable bonds is 7. The van der Waals surface area contributed by atoms with E-state index in [4.69, 9.17) is 10.5 Å². The molecule has 0 radical (unpaired) electrons. The number of carbonyl (C=O) groups is 4. The van der Waals surface area contributed by atoms with Crippen LogP contribution in [0.1, 0.15) is 41.4 Å². The number of amides is 3. The monoisotopic (exact) mass is 508 g/mol. The minimum atomic E-state index is -0.599. The molecule has 0 atom stereocenters. The fourth-order valence-electron chi connectivity index (χ4n) is 3.73. The van der Waals surface area contributed by atoms with Crippen molar-refractivity contribution in [3.8, 4) is 0 Å². The number of hydrogen-bond acceptors (Lipinski definition) is 6. The smallest absolute Gasteiger partial charge is 0.339 e. The average molecular weight is 509 g/mol. The molecule has 38 heavy (non-hydrogen) atoms. The zero-order chi connectivity index (χ0) is 27.1. The number of methoxy groups -OCH3 is 1. The van der Waals surface area contributed by atoms with E-state index in [1.54, 1.807) is 84.9 Å². The van der Waals surface area contributed by atoms with Gasteiger partial charge in [0.05, 0.1) is 46.4 Å². The first-order valence-corrected chi connectivity index (χ1v) is 11.5. The molecule has 0 saturated heterocycles. The van der Waals surface area contributed by atoms with Crippen molar-refractivity contribution >= 4 is 46.4 Å². The van der Waals surface area contributed by atoms with Crippen LogP contribution < -0.4 is 21.7 Å². The van der Waals surface area contributed by atoms with E-state index in [1.807, 2.05) is 0 Å². The molecular weight excluding hydrogens is 484 g/mol. The Morgan fingerprint density at radius 3 is 1.32 bits per heavy atom. The van der Waals surface area contributed by atoms with E-state index >= 15 is 0 Å². The Labute approximate surface area is 218 Å². The van der Waals surface area contributed by atoms with Crippen LogP contribution >= 0.6 is 0 Å². The number of nitrogen functional groups attached to an aromatic ring is 1. The molecule has 0 saturated carbocycles. The van der Waals surface area contributed by atoms with Crippen molar-refractivity contribution < 1.29 is 23.9 Å². The summed E-state index contributed by atoms with van der Waals surface area (Å²) in [5.41, 5.74) is 7.79. The number of esters is 1. The van der Waals surface area contributed by atoms with Gasteiger partial charge in [0, 0.05) is 5.69 Å². The van der Waals surface area contributed by atoms with Crippen molar-refractivity contribution in [2.45, 2.75) is 0 Å². The minimum Gasteiger partial charge on any atom is -0.465 e. The van der Waals surface area contributed by atoms with Gasteiger partial charge in [0.25, 0.3) is 17.7 Å². The fourth-order valence-corrected chi connectivity index (χ4v) is 3.73. The van der Waals surface area contributed by atoms with E-state index in [9.17, 15) is 19.2 Å². The maximum Gasteiger partial charge on any atom is 0.339 e. The Morgan fingerprint density at radius 2 is 0.868 bits per heavy atom. The number of carbonyl (C=O) groups excluding carboxylic acids is 4. The fraction of sp³-hybridized carbons (Fsp3) is 0.0345. The van der Waals surface area contributed by atoms with E-state index in [0.717, 1.165) is 0 Å². The molecule has 0 heterocycles. The van der Waals surface area contributed by atoms with Gasteiger partial charge < -0.3 is 26.4 Å². The summed E-state index contributed by atoms with van der Waals surface area (Å²) in [6.07, 6.45) is 0. The molecule has 0 unspecified atom stereocenters. The Hall–Kier alpha value is -5.44.